The van der Waals surface area contributed by atoms with Crippen molar-refractivity contribution in [1.29, 1.82) is 0 Å². The highest BCUT2D eigenvalue weighted by Gasteiger charge is 2.16. The van der Waals surface area contributed by atoms with Crippen molar-refractivity contribution < 1.29 is 24.2 Å². The number of carbonyl (C=O) groups excluding carboxylic acids is 2. The third-order valence-electron chi connectivity index (χ3n) is 7.69. The molecular weight excluding hydrogens is 536 g/mol. The van der Waals surface area contributed by atoms with Gasteiger partial charge in [0, 0.05) is 12.8 Å². The molecule has 5 heteroatoms. The summed E-state index contributed by atoms with van der Waals surface area (Å²) in [7, 11) is 0. The van der Waals surface area contributed by atoms with E-state index < -0.39 is 6.10 Å². The second-order valence-electron chi connectivity index (χ2n) is 12.0. The van der Waals surface area contributed by atoms with Gasteiger partial charge in [-0.15, -0.1) is 0 Å². The Kier molecular flexibility index (Phi) is 33.1. The van der Waals surface area contributed by atoms with Crippen molar-refractivity contribution in [1.82, 2.24) is 0 Å². The van der Waals surface area contributed by atoms with Gasteiger partial charge in [0.2, 0.25) is 0 Å². The molecule has 0 saturated carbocycles. The van der Waals surface area contributed by atoms with E-state index in [1.165, 1.54) is 83.5 Å². The first-order valence-corrected chi connectivity index (χ1v) is 18.0. The molecule has 1 unspecified atom stereocenters. The van der Waals surface area contributed by atoms with E-state index >= 15 is 0 Å². The highest BCUT2D eigenvalue weighted by atomic mass is 16.6. The number of unbranched alkanes of at least 4 members (excludes halogenated alkanes) is 18. The summed E-state index contributed by atoms with van der Waals surface area (Å²) in [6.07, 6.45) is 40.5. The summed E-state index contributed by atoms with van der Waals surface area (Å²) in [4.78, 5) is 24.1. The first kappa shape index (κ1) is 41.1. The smallest absolute Gasteiger partial charge is 0.306 e. The molecule has 0 fully saturated rings. The molecule has 0 bridgehead atoms. The number of hydrogen-bond donors (Lipinski definition) is 1. The van der Waals surface area contributed by atoms with Crippen molar-refractivity contribution in [3.05, 3.63) is 36.5 Å². The van der Waals surface area contributed by atoms with E-state index in [0.717, 1.165) is 64.2 Å². The van der Waals surface area contributed by atoms with Gasteiger partial charge in [0.05, 0.1) is 6.61 Å². The molecule has 5 nitrogen and oxygen atoms in total. The lowest BCUT2D eigenvalue weighted by Crippen LogP contribution is -2.28. The van der Waals surface area contributed by atoms with Gasteiger partial charge >= 0.3 is 11.9 Å². The summed E-state index contributed by atoms with van der Waals surface area (Å²) < 4.78 is 10.6. The molecule has 0 aromatic heterocycles. The molecule has 0 amide bonds. The Morgan fingerprint density at radius 1 is 0.535 bits per heavy atom. The third-order valence-corrected chi connectivity index (χ3v) is 7.69. The Hall–Kier alpha value is -1.88. The summed E-state index contributed by atoms with van der Waals surface area (Å²) in [5.41, 5.74) is 0. The van der Waals surface area contributed by atoms with Crippen LogP contribution in [0, 0.1) is 0 Å². The molecule has 0 aliphatic carbocycles. The normalized spacial score (nSPS) is 12.5. The van der Waals surface area contributed by atoms with E-state index in [-0.39, 0.29) is 25.2 Å². The lowest BCUT2D eigenvalue weighted by atomic mass is 10.0. The van der Waals surface area contributed by atoms with Crippen molar-refractivity contribution in [2.45, 2.75) is 180 Å². The Morgan fingerprint density at radius 2 is 0.930 bits per heavy atom. The second kappa shape index (κ2) is 34.6. The van der Waals surface area contributed by atoms with Crippen LogP contribution in [0.5, 0.6) is 0 Å². The molecule has 0 aromatic carbocycles. The Morgan fingerprint density at radius 3 is 1.44 bits per heavy atom. The predicted octanol–water partition coefficient (Wildman–Crippen LogP) is 10.9. The molecule has 43 heavy (non-hydrogen) atoms. The zero-order valence-electron chi connectivity index (χ0n) is 28.2. The largest absolute Gasteiger partial charge is 0.462 e. The van der Waals surface area contributed by atoms with Gasteiger partial charge in [-0.1, -0.05) is 147 Å². The van der Waals surface area contributed by atoms with Gasteiger partial charge in [-0.2, -0.15) is 0 Å². The van der Waals surface area contributed by atoms with Crippen LogP contribution in [0.15, 0.2) is 36.5 Å². The van der Waals surface area contributed by atoms with E-state index in [1.807, 2.05) is 0 Å². The molecule has 0 aliphatic rings. The highest BCUT2D eigenvalue weighted by molar-refractivity contribution is 5.70. The molecular formula is C38H68O5. The number of aliphatic hydroxyl groups excluding tert-OH is 1. The van der Waals surface area contributed by atoms with E-state index in [1.54, 1.807) is 0 Å². The Labute approximate surface area is 266 Å². The van der Waals surface area contributed by atoms with Gasteiger partial charge in [-0.25, -0.2) is 0 Å². The van der Waals surface area contributed by atoms with Crippen LogP contribution in [0.2, 0.25) is 0 Å². The van der Waals surface area contributed by atoms with E-state index in [9.17, 15) is 14.7 Å². The van der Waals surface area contributed by atoms with Crippen molar-refractivity contribution in [2.75, 3.05) is 13.2 Å². The molecule has 1 N–H and O–H groups in total. The van der Waals surface area contributed by atoms with E-state index in [0.29, 0.717) is 12.8 Å². The first-order valence-electron chi connectivity index (χ1n) is 18.0. The van der Waals surface area contributed by atoms with Gasteiger partial charge < -0.3 is 14.6 Å². The SMILES string of the molecule is CCCCCC=CCC=CCC=CCCCCCCC(=O)OCC(CO)OC(=O)CCCCCCCCCCCCCC. The zero-order valence-corrected chi connectivity index (χ0v) is 28.2. The summed E-state index contributed by atoms with van der Waals surface area (Å²) in [5, 5.41) is 9.51. The second-order valence-corrected chi connectivity index (χ2v) is 12.0. The molecule has 0 aliphatic heterocycles. The predicted molar refractivity (Wildman–Crippen MR) is 182 cm³/mol. The molecule has 0 rings (SSSR count). The van der Waals surface area contributed by atoms with Crippen LogP contribution in [0.4, 0.5) is 0 Å². The zero-order chi connectivity index (χ0) is 31.5. The molecule has 250 valence electrons. The number of aliphatic hydroxyl groups is 1. The Balaban J connectivity index is 3.62. The van der Waals surface area contributed by atoms with Crippen LogP contribution in [0.1, 0.15) is 174 Å². The molecule has 0 aromatic rings. The minimum atomic E-state index is -0.776. The van der Waals surface area contributed by atoms with Crippen LogP contribution in [0.3, 0.4) is 0 Å². The van der Waals surface area contributed by atoms with Crippen molar-refractivity contribution >= 4 is 11.9 Å². The number of esters is 2. The standard InChI is InChI=1S/C38H68O5/c1-3-5-7-9-11-13-15-17-18-19-20-21-23-24-26-28-30-32-37(40)42-35-36(34-39)43-38(41)33-31-29-27-25-22-16-14-12-10-8-6-4-2/h11,13,17-18,20-21,36,39H,3-10,12,14-16,19,22-35H2,1-2H3. The Bertz CT molecular complexity index is 696. The van der Waals surface area contributed by atoms with Gasteiger partial charge in [0.15, 0.2) is 6.10 Å². The third kappa shape index (κ3) is 32.9. The van der Waals surface area contributed by atoms with Crippen LogP contribution in [-0.4, -0.2) is 36.4 Å². The molecule has 0 radical (unpaired) electrons. The molecule has 0 heterocycles. The van der Waals surface area contributed by atoms with Crippen LogP contribution in [0.25, 0.3) is 0 Å². The lowest BCUT2D eigenvalue weighted by molar-refractivity contribution is -0.161. The van der Waals surface area contributed by atoms with Gasteiger partial charge in [0.25, 0.3) is 0 Å². The van der Waals surface area contributed by atoms with Crippen LogP contribution in [-0.2, 0) is 19.1 Å². The maximum absolute atomic E-state index is 12.1. The molecule has 0 saturated heterocycles. The first-order chi connectivity index (χ1) is 21.1. The quantitative estimate of drug-likeness (QED) is 0.0470. The van der Waals surface area contributed by atoms with Crippen LogP contribution < -0.4 is 0 Å². The summed E-state index contributed by atoms with van der Waals surface area (Å²) in [6.45, 7) is 4.08. The number of carbonyl (C=O) groups is 2. The minimum absolute atomic E-state index is 0.0754. The molecule has 0 spiro atoms. The highest BCUT2D eigenvalue weighted by Crippen LogP contribution is 2.13. The number of hydrogen-bond acceptors (Lipinski definition) is 5. The summed E-state index contributed by atoms with van der Waals surface area (Å²) >= 11 is 0. The van der Waals surface area contributed by atoms with Gasteiger partial charge in [-0.3, -0.25) is 9.59 Å². The monoisotopic (exact) mass is 605 g/mol. The van der Waals surface area contributed by atoms with Gasteiger partial charge in [0.1, 0.15) is 6.61 Å². The van der Waals surface area contributed by atoms with Crippen molar-refractivity contribution in [3.63, 3.8) is 0 Å². The molecule has 1 atom stereocenters. The fraction of sp³-hybridized carbons (Fsp3) is 0.789. The number of rotatable bonds is 32. The fourth-order valence-corrected chi connectivity index (χ4v) is 4.91. The van der Waals surface area contributed by atoms with Gasteiger partial charge in [-0.05, 0) is 51.4 Å². The average Bonchev–Trinajstić information content (AvgIpc) is 3.01. The van der Waals surface area contributed by atoms with Crippen LogP contribution >= 0.6 is 0 Å². The lowest BCUT2D eigenvalue weighted by Gasteiger charge is -2.15. The van der Waals surface area contributed by atoms with Crippen molar-refractivity contribution in [3.8, 4) is 0 Å². The maximum atomic E-state index is 12.1. The van der Waals surface area contributed by atoms with E-state index in [4.69, 9.17) is 9.47 Å². The van der Waals surface area contributed by atoms with E-state index in [2.05, 4.69) is 50.3 Å². The minimum Gasteiger partial charge on any atom is -0.462 e. The topological polar surface area (TPSA) is 72.8 Å². The summed E-state index contributed by atoms with van der Waals surface area (Å²) in [6, 6.07) is 0. The number of ether oxygens (including phenoxy) is 2. The van der Waals surface area contributed by atoms with Crippen molar-refractivity contribution in [2.24, 2.45) is 0 Å². The summed E-state index contributed by atoms with van der Waals surface area (Å²) in [5.74, 6) is -0.615. The number of allylic oxidation sites excluding steroid dienone is 6. The average molecular weight is 605 g/mol. The fourth-order valence-electron chi connectivity index (χ4n) is 4.91. The maximum Gasteiger partial charge on any atom is 0.306 e.